The van der Waals surface area contributed by atoms with E-state index < -0.39 is 14.0 Å². The number of hydrogen-bond acceptors (Lipinski definition) is 4. The summed E-state index contributed by atoms with van der Waals surface area (Å²) in [5.41, 5.74) is 13.1. The molecule has 0 aliphatic heterocycles. The first-order chi connectivity index (χ1) is 31.6. The summed E-state index contributed by atoms with van der Waals surface area (Å²) in [6.07, 6.45) is 2.02. The SMILES string of the molecule is Cc1ccc2c(n1)sc1c(-c3nc4ccccc4n3-c3ccc(C(C)(C)C)cc3-c3ccccc3)[c-]ccc12.[2H]C(C)(c1cc(-c2[c-]cccc2)ncc1[Si](C)(C)C)C(C)c1ccccc1.[Ir]. The Labute approximate surface area is 410 Å². The van der Waals surface area contributed by atoms with E-state index in [9.17, 15) is 1.37 Å². The van der Waals surface area contributed by atoms with Gasteiger partial charge in [-0.05, 0) is 92.1 Å². The van der Waals surface area contributed by atoms with Crippen LogP contribution in [0.1, 0.15) is 70.2 Å². The largest absolute Gasteiger partial charge is 0.333 e. The smallest absolute Gasteiger partial charge is 0.113 e. The van der Waals surface area contributed by atoms with E-state index in [2.05, 4.69) is 185 Å². The van der Waals surface area contributed by atoms with E-state index in [1.54, 1.807) is 11.3 Å². The van der Waals surface area contributed by atoms with Crippen molar-refractivity contribution >= 4 is 55.9 Å². The topological polar surface area (TPSA) is 43.6 Å². The molecule has 0 fully saturated rings. The van der Waals surface area contributed by atoms with Crippen LogP contribution in [0.2, 0.25) is 19.6 Å². The van der Waals surface area contributed by atoms with Crippen molar-refractivity contribution in [2.75, 3.05) is 0 Å². The number of aryl methyl sites for hydroxylation is 1. The Morgan fingerprint density at radius 1 is 0.727 bits per heavy atom. The molecule has 10 aromatic rings. The molecule has 4 heterocycles. The quantitative estimate of drug-likeness (QED) is 0.112. The molecule has 1 radical (unpaired) electrons. The van der Waals surface area contributed by atoms with Crippen molar-refractivity contribution in [3.63, 3.8) is 0 Å². The van der Waals surface area contributed by atoms with Gasteiger partial charge in [-0.15, -0.1) is 54.1 Å². The first-order valence-electron chi connectivity index (χ1n) is 23.0. The summed E-state index contributed by atoms with van der Waals surface area (Å²) >= 11 is 1.72. The van der Waals surface area contributed by atoms with E-state index in [1.807, 2.05) is 56.4 Å². The molecule has 0 N–H and O–H groups in total. The molecule has 4 aromatic heterocycles. The third-order valence-electron chi connectivity index (χ3n) is 12.5. The molecule has 333 valence electrons. The van der Waals surface area contributed by atoms with Gasteiger partial charge in [-0.25, -0.2) is 4.98 Å². The standard InChI is InChI=1S/C35H28N3S.C24H28NSi.Ir/c1-22-17-19-26-25-13-10-14-27(32(25)39-34(26)36-22)33-37-29-15-8-9-16-31(29)38(33)30-20-18-24(35(2,3)4)21-28(30)23-11-6-5-7-12-23;1-18(20-12-8-6-9-13-20)19(2)22-16-23(21-14-10-7-11-15-21)25-17-24(22)26(3,4)5;/h5-13,15-21H,1-4H3;6-14,16-19H,1-5H3;/q2*-1;/i;19D;. The predicted molar refractivity (Wildman–Crippen MR) is 280 cm³/mol. The van der Waals surface area contributed by atoms with E-state index >= 15 is 0 Å². The number of benzene rings is 6. The van der Waals surface area contributed by atoms with Gasteiger partial charge in [-0.1, -0.05) is 162 Å². The van der Waals surface area contributed by atoms with Gasteiger partial charge in [0.1, 0.15) is 4.83 Å². The van der Waals surface area contributed by atoms with Gasteiger partial charge < -0.3 is 9.55 Å². The molecular weight excluding hydrogens is 1020 g/mol. The van der Waals surface area contributed by atoms with Gasteiger partial charge in [0.25, 0.3) is 0 Å². The molecule has 0 aliphatic carbocycles. The van der Waals surface area contributed by atoms with Gasteiger partial charge in [0.2, 0.25) is 0 Å². The number of fused-ring (bicyclic) bond motifs is 4. The van der Waals surface area contributed by atoms with Gasteiger partial charge in [0.05, 0.1) is 24.9 Å². The maximum Gasteiger partial charge on any atom is 0.113 e. The summed E-state index contributed by atoms with van der Waals surface area (Å²) in [6.45, 7) is 20.0. The number of nitrogens with zero attached hydrogens (tertiary/aromatic N) is 4. The van der Waals surface area contributed by atoms with Crippen LogP contribution in [0.4, 0.5) is 0 Å². The molecule has 4 nitrogen and oxygen atoms in total. The molecule has 2 unspecified atom stereocenters. The van der Waals surface area contributed by atoms with Crippen molar-refractivity contribution in [2.24, 2.45) is 0 Å². The van der Waals surface area contributed by atoms with Gasteiger partial charge >= 0.3 is 0 Å². The molecule has 10 rings (SSSR count). The zero-order chi connectivity index (χ0) is 46.4. The number of para-hydroxylation sites is 2. The minimum atomic E-state index is -1.65. The van der Waals surface area contributed by atoms with Crippen LogP contribution >= 0.6 is 11.3 Å². The van der Waals surface area contributed by atoms with Crippen molar-refractivity contribution in [2.45, 2.75) is 78.4 Å². The molecule has 66 heavy (non-hydrogen) atoms. The summed E-state index contributed by atoms with van der Waals surface area (Å²) in [4.78, 5) is 15.8. The van der Waals surface area contributed by atoms with Crippen LogP contribution in [0.25, 0.3) is 70.8 Å². The molecule has 0 amide bonds. The Morgan fingerprint density at radius 3 is 2.15 bits per heavy atom. The van der Waals surface area contributed by atoms with Crippen LogP contribution in [0.15, 0.2) is 164 Å². The number of thiophene rings is 1. The number of rotatable bonds is 8. The van der Waals surface area contributed by atoms with Gasteiger partial charge in [-0.2, -0.15) is 11.3 Å². The van der Waals surface area contributed by atoms with Gasteiger partial charge in [0, 0.05) is 44.6 Å². The summed E-state index contributed by atoms with van der Waals surface area (Å²) in [5, 5.41) is 3.64. The predicted octanol–water partition coefficient (Wildman–Crippen LogP) is 15.5. The van der Waals surface area contributed by atoms with Gasteiger partial charge in [0.15, 0.2) is 0 Å². The van der Waals surface area contributed by atoms with E-state index in [4.69, 9.17) is 15.0 Å². The molecule has 0 bridgehead atoms. The molecule has 0 aliphatic rings. The average molecular weight is 1070 g/mol. The Morgan fingerprint density at radius 2 is 1.44 bits per heavy atom. The first kappa shape index (κ1) is 45.3. The van der Waals surface area contributed by atoms with Crippen LogP contribution < -0.4 is 5.19 Å². The molecule has 6 aromatic carbocycles. The minimum absolute atomic E-state index is 0. The van der Waals surface area contributed by atoms with Crippen LogP contribution in [0.3, 0.4) is 0 Å². The van der Waals surface area contributed by atoms with Crippen molar-refractivity contribution < 1.29 is 21.5 Å². The van der Waals surface area contributed by atoms with E-state index in [1.165, 1.54) is 38.2 Å². The Bertz CT molecular complexity index is 3330. The normalized spacial score (nSPS) is 13.4. The number of imidazole rings is 1. The Kier molecular flexibility index (Phi) is 13.2. The summed E-state index contributed by atoms with van der Waals surface area (Å²) in [5.74, 6) is 0.221. The molecule has 0 saturated carbocycles. The van der Waals surface area contributed by atoms with Crippen molar-refractivity contribution in [3.8, 4) is 39.5 Å². The zero-order valence-electron chi connectivity index (χ0n) is 40.2. The van der Waals surface area contributed by atoms with Crippen LogP contribution in [-0.4, -0.2) is 27.6 Å². The first-order valence-corrected chi connectivity index (χ1v) is 26.8. The Hall–Kier alpha value is -5.82. The second-order valence-corrected chi connectivity index (χ2v) is 25.1. The summed E-state index contributed by atoms with van der Waals surface area (Å²) in [6, 6.07) is 61.6. The summed E-state index contributed by atoms with van der Waals surface area (Å²) in [7, 11) is -1.65. The van der Waals surface area contributed by atoms with E-state index in [0.29, 0.717) is 0 Å². The molecule has 0 spiro atoms. The molecule has 7 heteroatoms. The number of hydrogen-bond donors (Lipinski definition) is 0. The molecular formula is C59H56IrN4SSi-2. The fourth-order valence-corrected chi connectivity index (χ4v) is 11.4. The number of aromatic nitrogens is 4. The summed E-state index contributed by atoms with van der Waals surface area (Å²) < 4.78 is 12.9. The zero-order valence-corrected chi connectivity index (χ0v) is 43.4. The van der Waals surface area contributed by atoms with E-state index in [-0.39, 0.29) is 31.4 Å². The average Bonchev–Trinajstić information content (AvgIpc) is 3.89. The Balaban J connectivity index is 0.000000192. The van der Waals surface area contributed by atoms with Gasteiger partial charge in [-0.3, -0.25) is 4.98 Å². The van der Waals surface area contributed by atoms with E-state index in [0.717, 1.165) is 60.2 Å². The van der Waals surface area contributed by atoms with Crippen LogP contribution in [0.5, 0.6) is 0 Å². The molecule has 0 saturated heterocycles. The minimum Gasteiger partial charge on any atom is -0.333 e. The molecule has 2 atom stereocenters. The monoisotopic (exact) mass is 1070 g/mol. The van der Waals surface area contributed by atoms with Crippen molar-refractivity contribution in [1.82, 2.24) is 19.5 Å². The second kappa shape index (κ2) is 19.2. The number of pyridine rings is 2. The maximum atomic E-state index is 9.37. The third-order valence-corrected chi connectivity index (χ3v) is 15.6. The van der Waals surface area contributed by atoms with Crippen LogP contribution in [0, 0.1) is 19.1 Å². The fourth-order valence-electron chi connectivity index (χ4n) is 8.67. The maximum absolute atomic E-state index is 9.37. The third kappa shape index (κ3) is 9.41. The fraction of sp³-hybridized carbons (Fsp3) is 0.203. The second-order valence-electron chi connectivity index (χ2n) is 19.1. The van der Waals surface area contributed by atoms with Crippen molar-refractivity contribution in [3.05, 3.63) is 198 Å². The van der Waals surface area contributed by atoms with Crippen LogP contribution in [-0.2, 0) is 25.5 Å². The van der Waals surface area contributed by atoms with Crippen molar-refractivity contribution in [1.29, 1.82) is 0 Å².